The van der Waals surface area contributed by atoms with Crippen molar-refractivity contribution in [2.24, 2.45) is 5.92 Å². The van der Waals surface area contributed by atoms with Crippen LogP contribution in [0.2, 0.25) is 0 Å². The maximum Gasteiger partial charge on any atom is 0.150 e. The van der Waals surface area contributed by atoms with Crippen LogP contribution in [0.5, 0.6) is 0 Å². The van der Waals surface area contributed by atoms with Crippen LogP contribution in [0.15, 0.2) is 0 Å². The van der Waals surface area contributed by atoms with Gasteiger partial charge in [0.1, 0.15) is 9.84 Å². The van der Waals surface area contributed by atoms with Gasteiger partial charge < -0.3 is 10.4 Å². The minimum Gasteiger partial charge on any atom is -0.392 e. The Morgan fingerprint density at radius 3 is 2.33 bits per heavy atom. The Morgan fingerprint density at radius 2 is 1.87 bits per heavy atom. The molecule has 0 aromatic heterocycles. The van der Waals surface area contributed by atoms with Crippen LogP contribution >= 0.6 is 0 Å². The van der Waals surface area contributed by atoms with E-state index in [1.807, 2.05) is 13.8 Å². The van der Waals surface area contributed by atoms with Crippen molar-refractivity contribution in [3.05, 3.63) is 0 Å². The molecule has 0 aliphatic carbocycles. The topological polar surface area (TPSA) is 66.4 Å². The molecule has 1 aliphatic rings. The zero-order valence-corrected chi connectivity index (χ0v) is 10.3. The molecule has 0 radical (unpaired) electrons. The molecule has 90 valence electrons. The van der Waals surface area contributed by atoms with Gasteiger partial charge in [-0.3, -0.25) is 0 Å². The van der Waals surface area contributed by atoms with Crippen molar-refractivity contribution in [3.8, 4) is 0 Å². The first-order chi connectivity index (χ1) is 6.91. The van der Waals surface area contributed by atoms with Crippen molar-refractivity contribution < 1.29 is 13.5 Å². The van der Waals surface area contributed by atoms with Crippen molar-refractivity contribution in [2.45, 2.75) is 38.8 Å². The van der Waals surface area contributed by atoms with Gasteiger partial charge in [0.2, 0.25) is 0 Å². The maximum atomic E-state index is 11.2. The van der Waals surface area contributed by atoms with Gasteiger partial charge in [0.05, 0.1) is 17.6 Å². The normalized spacial score (nSPS) is 24.3. The number of nitrogens with one attached hydrogen (secondary N) is 1. The van der Waals surface area contributed by atoms with Crippen LogP contribution < -0.4 is 5.32 Å². The third kappa shape index (κ3) is 4.49. The molecule has 15 heavy (non-hydrogen) atoms. The molecule has 0 amide bonds. The minimum atomic E-state index is -2.77. The van der Waals surface area contributed by atoms with Gasteiger partial charge in [-0.1, -0.05) is 13.8 Å². The third-order valence-electron chi connectivity index (χ3n) is 2.94. The average molecular weight is 235 g/mol. The van der Waals surface area contributed by atoms with Crippen LogP contribution in [0.25, 0.3) is 0 Å². The van der Waals surface area contributed by atoms with E-state index >= 15 is 0 Å². The van der Waals surface area contributed by atoms with Gasteiger partial charge in [-0.05, 0) is 18.8 Å². The Kier molecular flexibility index (Phi) is 4.55. The fraction of sp³-hybridized carbons (Fsp3) is 1.00. The first-order valence-electron chi connectivity index (χ1n) is 5.52. The van der Waals surface area contributed by atoms with E-state index in [1.165, 1.54) is 0 Å². The van der Waals surface area contributed by atoms with Crippen molar-refractivity contribution in [1.82, 2.24) is 5.32 Å². The summed E-state index contributed by atoms with van der Waals surface area (Å²) in [5.74, 6) is 0.801. The zero-order chi connectivity index (χ0) is 11.5. The lowest BCUT2D eigenvalue weighted by molar-refractivity contribution is 0.119. The van der Waals surface area contributed by atoms with Crippen LogP contribution in [0.3, 0.4) is 0 Å². The van der Waals surface area contributed by atoms with E-state index in [9.17, 15) is 13.5 Å². The Morgan fingerprint density at radius 1 is 1.33 bits per heavy atom. The molecule has 1 fully saturated rings. The highest BCUT2D eigenvalue weighted by molar-refractivity contribution is 7.91. The van der Waals surface area contributed by atoms with E-state index in [1.54, 1.807) is 0 Å². The lowest BCUT2D eigenvalue weighted by Gasteiger charge is -2.25. The largest absolute Gasteiger partial charge is 0.392 e. The molecule has 1 saturated heterocycles. The number of rotatable bonds is 4. The highest BCUT2D eigenvalue weighted by Gasteiger charge is 2.23. The van der Waals surface area contributed by atoms with Crippen molar-refractivity contribution in [2.75, 3.05) is 18.1 Å². The lowest BCUT2D eigenvalue weighted by atomic mass is 10.1. The second-order valence-electron chi connectivity index (χ2n) is 4.65. The predicted octanol–water partition coefficient (Wildman–Crippen LogP) is 0.170. The Hall–Kier alpha value is -0.130. The van der Waals surface area contributed by atoms with E-state index < -0.39 is 9.84 Å². The van der Waals surface area contributed by atoms with Crippen molar-refractivity contribution in [1.29, 1.82) is 0 Å². The molecule has 0 saturated carbocycles. The molecule has 4 nitrogen and oxygen atoms in total. The quantitative estimate of drug-likeness (QED) is 0.729. The van der Waals surface area contributed by atoms with E-state index in [2.05, 4.69) is 5.32 Å². The first-order valence-corrected chi connectivity index (χ1v) is 7.35. The number of hydrogen-bond donors (Lipinski definition) is 2. The Balaban J connectivity index is 2.25. The second kappa shape index (κ2) is 5.27. The number of aliphatic hydroxyl groups is 1. The van der Waals surface area contributed by atoms with Crippen LogP contribution in [-0.2, 0) is 9.84 Å². The summed E-state index contributed by atoms with van der Waals surface area (Å²) in [6.07, 6.45) is 1.00. The summed E-state index contributed by atoms with van der Waals surface area (Å²) in [6, 6.07) is 0.252. The minimum absolute atomic E-state index is 0.241. The standard InChI is InChI=1S/C10H21NO3S/c1-8(2)10(12)7-11-9-3-5-15(13,14)6-4-9/h8-12H,3-7H2,1-2H3. The van der Waals surface area contributed by atoms with Gasteiger partial charge in [-0.2, -0.15) is 0 Å². The van der Waals surface area contributed by atoms with Crippen LogP contribution in [0.1, 0.15) is 26.7 Å². The molecule has 1 rings (SSSR count). The highest BCUT2D eigenvalue weighted by atomic mass is 32.2. The molecule has 1 unspecified atom stereocenters. The smallest absolute Gasteiger partial charge is 0.150 e. The maximum absolute atomic E-state index is 11.2. The molecule has 0 bridgehead atoms. The molecular formula is C10H21NO3S. The van der Waals surface area contributed by atoms with Gasteiger partial charge in [-0.15, -0.1) is 0 Å². The van der Waals surface area contributed by atoms with Gasteiger partial charge in [0.25, 0.3) is 0 Å². The zero-order valence-electron chi connectivity index (χ0n) is 9.44. The van der Waals surface area contributed by atoms with E-state index in [0.717, 1.165) is 0 Å². The fourth-order valence-electron chi connectivity index (χ4n) is 1.62. The lowest BCUT2D eigenvalue weighted by Crippen LogP contribution is -2.42. The summed E-state index contributed by atoms with van der Waals surface area (Å²) >= 11 is 0. The van der Waals surface area contributed by atoms with Gasteiger partial charge in [0, 0.05) is 12.6 Å². The monoisotopic (exact) mass is 235 g/mol. The molecule has 1 heterocycles. The summed E-state index contributed by atoms with van der Waals surface area (Å²) in [5.41, 5.74) is 0. The van der Waals surface area contributed by atoms with Crippen LogP contribution in [0.4, 0.5) is 0 Å². The summed E-state index contributed by atoms with van der Waals surface area (Å²) in [6.45, 7) is 4.50. The summed E-state index contributed by atoms with van der Waals surface area (Å²) in [5, 5.41) is 12.8. The Labute approximate surface area is 92.0 Å². The van der Waals surface area contributed by atoms with Crippen molar-refractivity contribution >= 4 is 9.84 Å². The molecule has 5 heteroatoms. The fourth-order valence-corrected chi connectivity index (χ4v) is 3.11. The average Bonchev–Trinajstić information content (AvgIpc) is 2.15. The summed E-state index contributed by atoms with van der Waals surface area (Å²) in [4.78, 5) is 0. The SMILES string of the molecule is CC(C)C(O)CNC1CCS(=O)(=O)CC1. The molecule has 1 aliphatic heterocycles. The van der Waals surface area contributed by atoms with Gasteiger partial charge in [0.15, 0.2) is 0 Å². The summed E-state index contributed by atoms with van der Waals surface area (Å²) in [7, 11) is -2.77. The molecule has 0 aromatic carbocycles. The second-order valence-corrected chi connectivity index (χ2v) is 6.95. The van der Waals surface area contributed by atoms with Gasteiger partial charge in [-0.25, -0.2) is 8.42 Å². The third-order valence-corrected chi connectivity index (χ3v) is 4.66. The van der Waals surface area contributed by atoms with E-state index in [4.69, 9.17) is 0 Å². The number of aliphatic hydroxyl groups excluding tert-OH is 1. The number of hydrogen-bond acceptors (Lipinski definition) is 4. The first kappa shape index (κ1) is 12.9. The van der Waals surface area contributed by atoms with Gasteiger partial charge >= 0.3 is 0 Å². The molecule has 0 spiro atoms. The molecular weight excluding hydrogens is 214 g/mol. The van der Waals surface area contributed by atoms with Crippen LogP contribution in [-0.4, -0.2) is 43.7 Å². The molecule has 1 atom stereocenters. The van der Waals surface area contributed by atoms with Crippen molar-refractivity contribution in [3.63, 3.8) is 0 Å². The molecule has 0 aromatic rings. The number of sulfone groups is 1. The Bertz CT molecular complexity index is 273. The summed E-state index contributed by atoms with van der Waals surface area (Å²) < 4.78 is 22.3. The van der Waals surface area contributed by atoms with Crippen LogP contribution in [0, 0.1) is 5.92 Å². The van der Waals surface area contributed by atoms with E-state index in [0.29, 0.717) is 19.4 Å². The predicted molar refractivity (Wildman–Crippen MR) is 60.5 cm³/mol. The van der Waals surface area contributed by atoms with E-state index in [-0.39, 0.29) is 29.6 Å². The molecule has 2 N–H and O–H groups in total. The highest BCUT2D eigenvalue weighted by Crippen LogP contribution is 2.12.